The van der Waals surface area contributed by atoms with Crippen LogP contribution in [0.4, 0.5) is 0 Å². The summed E-state index contributed by atoms with van der Waals surface area (Å²) in [6, 6.07) is 13.7. The largest absolute Gasteiger partial charge is 0.493 e. The predicted molar refractivity (Wildman–Crippen MR) is 132 cm³/mol. The number of aromatic hydroxyl groups is 1. The fourth-order valence-corrected chi connectivity index (χ4v) is 5.42. The number of aromatic nitrogens is 3. The van der Waals surface area contributed by atoms with Crippen LogP contribution < -0.4 is 4.74 Å². The van der Waals surface area contributed by atoms with Crippen LogP contribution in [0.25, 0.3) is 10.9 Å². The molecule has 6 nitrogen and oxygen atoms in total. The first-order chi connectivity index (χ1) is 15.9. The van der Waals surface area contributed by atoms with Crippen LogP contribution in [-0.2, 0) is 11.2 Å². The standard InChI is InChI=1S/C25H26ClN3O3S/c1-14(2)28-24(30)21-13-19-18-12-16(26)6-9-20(18)27-22(19)23(29(21)25(28)33)15-4-7-17(8-5-15)32-11-10-31-3/h4-9,12,14,23,27,30H,10-11,13H2,1-3H3. The van der Waals surface area contributed by atoms with E-state index in [9.17, 15) is 5.11 Å². The van der Waals surface area contributed by atoms with Gasteiger partial charge in [-0.15, -0.1) is 0 Å². The Hall–Kier alpha value is -2.74. The number of rotatable bonds is 6. The van der Waals surface area contributed by atoms with E-state index in [0.29, 0.717) is 29.4 Å². The quantitative estimate of drug-likeness (QED) is 0.229. The highest BCUT2D eigenvalue weighted by Crippen LogP contribution is 2.44. The SMILES string of the molecule is COCCOc1ccc(C2c3[nH]c4ccc(Cl)cc4c3Cc3c(O)n(C(C)C)c(=S)n32)cc1. The van der Waals surface area contributed by atoms with Gasteiger partial charge in [-0.3, -0.25) is 4.57 Å². The lowest BCUT2D eigenvalue weighted by atomic mass is 9.93. The Morgan fingerprint density at radius 3 is 2.64 bits per heavy atom. The maximum absolute atomic E-state index is 11.2. The first-order valence-electron chi connectivity index (χ1n) is 11.0. The number of aromatic amines is 1. The Morgan fingerprint density at radius 2 is 1.94 bits per heavy atom. The molecule has 2 aromatic heterocycles. The highest BCUT2D eigenvalue weighted by Gasteiger charge is 2.34. The summed E-state index contributed by atoms with van der Waals surface area (Å²) in [5, 5.41) is 12.9. The van der Waals surface area contributed by atoms with Gasteiger partial charge in [0.1, 0.15) is 18.4 Å². The second-order valence-electron chi connectivity index (χ2n) is 8.58. The Labute approximate surface area is 202 Å². The van der Waals surface area contributed by atoms with Crippen molar-refractivity contribution in [1.82, 2.24) is 14.1 Å². The van der Waals surface area contributed by atoms with Gasteiger partial charge < -0.3 is 24.1 Å². The molecule has 0 radical (unpaired) electrons. The Balaban J connectivity index is 1.69. The number of benzene rings is 2. The summed E-state index contributed by atoms with van der Waals surface area (Å²) < 4.78 is 15.3. The van der Waals surface area contributed by atoms with E-state index in [1.165, 1.54) is 0 Å². The molecular formula is C25H26ClN3O3S. The number of halogens is 1. The lowest BCUT2D eigenvalue weighted by Gasteiger charge is -2.27. The van der Waals surface area contributed by atoms with Gasteiger partial charge in [-0.2, -0.15) is 0 Å². The average Bonchev–Trinajstić information content (AvgIpc) is 3.27. The van der Waals surface area contributed by atoms with Crippen LogP contribution in [0.3, 0.4) is 0 Å². The number of imidazole rings is 1. The van der Waals surface area contributed by atoms with Crippen LogP contribution in [0, 0.1) is 4.77 Å². The van der Waals surface area contributed by atoms with Crippen molar-refractivity contribution in [3.63, 3.8) is 0 Å². The van der Waals surface area contributed by atoms with Crippen molar-refractivity contribution >= 4 is 34.7 Å². The number of hydrogen-bond acceptors (Lipinski definition) is 4. The monoisotopic (exact) mass is 483 g/mol. The molecule has 0 spiro atoms. The number of ether oxygens (including phenoxy) is 2. The minimum Gasteiger partial charge on any atom is -0.493 e. The molecule has 3 heterocycles. The molecule has 0 bridgehead atoms. The summed E-state index contributed by atoms with van der Waals surface area (Å²) in [5.41, 5.74) is 5.06. The van der Waals surface area contributed by atoms with E-state index in [0.717, 1.165) is 39.2 Å². The van der Waals surface area contributed by atoms with Gasteiger partial charge in [0.15, 0.2) is 4.77 Å². The molecule has 1 atom stereocenters. The second-order valence-corrected chi connectivity index (χ2v) is 9.38. The van der Waals surface area contributed by atoms with Crippen molar-refractivity contribution in [2.45, 2.75) is 32.4 Å². The Morgan fingerprint density at radius 1 is 1.18 bits per heavy atom. The Bertz CT molecular complexity index is 1380. The first-order valence-corrected chi connectivity index (χ1v) is 11.8. The molecule has 2 N–H and O–H groups in total. The fraction of sp³-hybridized carbons (Fsp3) is 0.320. The number of nitrogens with one attached hydrogen (secondary N) is 1. The molecule has 0 aliphatic carbocycles. The third kappa shape index (κ3) is 3.64. The van der Waals surface area contributed by atoms with E-state index in [-0.39, 0.29) is 18.0 Å². The van der Waals surface area contributed by atoms with Crippen LogP contribution in [0.2, 0.25) is 5.02 Å². The van der Waals surface area contributed by atoms with Gasteiger partial charge in [0.2, 0.25) is 5.88 Å². The molecule has 0 saturated carbocycles. The average molecular weight is 484 g/mol. The number of H-pyrrole nitrogens is 1. The maximum atomic E-state index is 11.2. The van der Waals surface area contributed by atoms with Crippen molar-refractivity contribution in [2.75, 3.05) is 20.3 Å². The molecule has 1 aliphatic rings. The zero-order valence-electron chi connectivity index (χ0n) is 18.8. The molecule has 1 unspecified atom stereocenters. The zero-order valence-corrected chi connectivity index (χ0v) is 20.3. The van der Waals surface area contributed by atoms with Gasteiger partial charge in [0, 0.05) is 41.2 Å². The van der Waals surface area contributed by atoms with Crippen molar-refractivity contribution in [1.29, 1.82) is 0 Å². The summed E-state index contributed by atoms with van der Waals surface area (Å²) >= 11 is 12.2. The smallest absolute Gasteiger partial charge is 0.214 e. The van der Waals surface area contributed by atoms with Crippen LogP contribution in [0.5, 0.6) is 11.6 Å². The number of nitrogens with zero attached hydrogens (tertiary/aromatic N) is 2. The Kier molecular flexibility index (Phi) is 5.72. The molecular weight excluding hydrogens is 458 g/mol. The summed E-state index contributed by atoms with van der Waals surface area (Å²) in [7, 11) is 1.65. The van der Waals surface area contributed by atoms with Crippen molar-refractivity contribution in [3.8, 4) is 11.6 Å². The van der Waals surface area contributed by atoms with E-state index in [2.05, 4.69) is 21.7 Å². The van der Waals surface area contributed by atoms with Crippen LogP contribution >= 0.6 is 23.8 Å². The molecule has 33 heavy (non-hydrogen) atoms. The molecule has 8 heteroatoms. The van der Waals surface area contributed by atoms with Gasteiger partial charge >= 0.3 is 0 Å². The van der Waals surface area contributed by atoms with Gasteiger partial charge in [0.25, 0.3) is 0 Å². The lowest BCUT2D eigenvalue weighted by molar-refractivity contribution is 0.146. The second kappa shape index (κ2) is 8.56. The van der Waals surface area contributed by atoms with Crippen molar-refractivity contribution in [2.24, 2.45) is 0 Å². The van der Waals surface area contributed by atoms with Crippen molar-refractivity contribution < 1.29 is 14.6 Å². The summed E-state index contributed by atoms with van der Waals surface area (Å²) in [6.45, 7) is 5.08. The highest BCUT2D eigenvalue weighted by atomic mass is 35.5. The molecule has 0 fully saturated rings. The number of hydrogen-bond donors (Lipinski definition) is 2. The molecule has 1 aliphatic heterocycles. The molecule has 4 aromatic rings. The van der Waals surface area contributed by atoms with Gasteiger partial charge in [-0.25, -0.2) is 0 Å². The predicted octanol–water partition coefficient (Wildman–Crippen LogP) is 6.01. The fourth-order valence-electron chi connectivity index (χ4n) is 4.73. The third-order valence-corrected chi connectivity index (χ3v) is 6.86. The van der Waals surface area contributed by atoms with Gasteiger partial charge in [-0.05, 0) is 67.5 Å². The van der Waals surface area contributed by atoms with Crippen LogP contribution in [0.1, 0.15) is 48.4 Å². The van der Waals surface area contributed by atoms with E-state index in [1.54, 1.807) is 7.11 Å². The van der Waals surface area contributed by atoms with Crippen molar-refractivity contribution in [3.05, 3.63) is 74.8 Å². The van der Waals surface area contributed by atoms with Crippen LogP contribution in [0.15, 0.2) is 42.5 Å². The zero-order chi connectivity index (χ0) is 23.3. The molecule has 0 amide bonds. The van der Waals surface area contributed by atoms with E-state index < -0.39 is 0 Å². The minimum atomic E-state index is -0.207. The third-order valence-electron chi connectivity index (χ3n) is 6.23. The summed E-state index contributed by atoms with van der Waals surface area (Å²) in [6.07, 6.45) is 0.569. The molecule has 5 rings (SSSR count). The van der Waals surface area contributed by atoms with E-state index in [4.69, 9.17) is 33.3 Å². The van der Waals surface area contributed by atoms with Gasteiger partial charge in [0.05, 0.1) is 12.3 Å². The summed E-state index contributed by atoms with van der Waals surface area (Å²) in [4.78, 5) is 3.61. The van der Waals surface area contributed by atoms with E-state index in [1.807, 2.05) is 48.7 Å². The minimum absolute atomic E-state index is 0.0392. The molecule has 172 valence electrons. The number of methoxy groups -OCH3 is 1. The number of fused-ring (bicyclic) bond motifs is 4. The topological polar surface area (TPSA) is 64.3 Å². The van der Waals surface area contributed by atoms with Crippen LogP contribution in [-0.4, -0.2) is 39.5 Å². The lowest BCUT2D eigenvalue weighted by Crippen LogP contribution is -2.22. The highest BCUT2D eigenvalue weighted by molar-refractivity contribution is 7.71. The van der Waals surface area contributed by atoms with E-state index >= 15 is 0 Å². The molecule has 0 saturated heterocycles. The summed E-state index contributed by atoms with van der Waals surface area (Å²) in [5.74, 6) is 1.00. The molecule has 2 aromatic carbocycles. The van der Waals surface area contributed by atoms with Gasteiger partial charge in [-0.1, -0.05) is 23.7 Å². The maximum Gasteiger partial charge on any atom is 0.214 e. The first kappa shape index (κ1) is 22.1. The normalized spacial score (nSPS) is 15.1.